The highest BCUT2D eigenvalue weighted by molar-refractivity contribution is 5.92. The van der Waals surface area contributed by atoms with Crippen molar-refractivity contribution in [3.8, 4) is 0 Å². The third-order valence-corrected chi connectivity index (χ3v) is 5.61. The van der Waals surface area contributed by atoms with Crippen molar-refractivity contribution < 1.29 is 4.79 Å². The van der Waals surface area contributed by atoms with Gasteiger partial charge in [0.15, 0.2) is 0 Å². The van der Waals surface area contributed by atoms with Crippen molar-refractivity contribution in [3.63, 3.8) is 0 Å². The van der Waals surface area contributed by atoms with E-state index in [1.807, 2.05) is 17.0 Å². The van der Waals surface area contributed by atoms with E-state index in [0.29, 0.717) is 18.8 Å². The number of benzene rings is 2. The predicted octanol–water partition coefficient (Wildman–Crippen LogP) is 3.00. The van der Waals surface area contributed by atoms with E-state index in [-0.39, 0.29) is 16.9 Å². The Hall–Kier alpha value is -3.21. The van der Waals surface area contributed by atoms with Gasteiger partial charge in [-0.15, -0.1) is 0 Å². The Balaban J connectivity index is 1.74. The molecule has 0 aliphatic carbocycles. The van der Waals surface area contributed by atoms with Gasteiger partial charge in [-0.3, -0.25) is 9.59 Å². The van der Waals surface area contributed by atoms with E-state index in [1.54, 1.807) is 7.05 Å². The molecule has 1 aromatic heterocycles. The second kappa shape index (κ2) is 7.43. The summed E-state index contributed by atoms with van der Waals surface area (Å²) in [5.74, 6) is -0.133. The highest BCUT2D eigenvalue weighted by Crippen LogP contribution is 2.40. The van der Waals surface area contributed by atoms with Gasteiger partial charge in [0.2, 0.25) is 0 Å². The lowest BCUT2D eigenvalue weighted by Gasteiger charge is -2.43. The molecule has 142 valence electrons. The van der Waals surface area contributed by atoms with E-state index in [4.69, 9.17) is 0 Å². The molecule has 1 aliphatic heterocycles. The summed E-state index contributed by atoms with van der Waals surface area (Å²) in [5.41, 5.74) is 2.26. The number of carbonyl (C=O) groups is 1. The van der Waals surface area contributed by atoms with Crippen LogP contribution >= 0.6 is 0 Å². The average Bonchev–Trinajstić information content (AvgIpc) is 2.76. The number of hydrogen-bond acceptors (Lipinski definition) is 3. The third-order valence-electron chi connectivity index (χ3n) is 5.61. The number of likely N-dealkylation sites (tertiary alicyclic amines) is 1. The SMILES string of the molecule is Cn1nc(C(=O)N2CCCC(c3ccccc3)(c3ccccc3)C2)ccc1=O. The lowest BCUT2D eigenvalue weighted by molar-refractivity contribution is 0.0657. The van der Waals surface area contributed by atoms with Gasteiger partial charge in [-0.05, 0) is 30.0 Å². The van der Waals surface area contributed by atoms with Crippen molar-refractivity contribution in [2.24, 2.45) is 7.05 Å². The monoisotopic (exact) mass is 373 g/mol. The van der Waals surface area contributed by atoms with Crippen LogP contribution in [0.5, 0.6) is 0 Å². The first kappa shape index (κ1) is 18.2. The van der Waals surface area contributed by atoms with E-state index >= 15 is 0 Å². The predicted molar refractivity (Wildman–Crippen MR) is 108 cm³/mol. The van der Waals surface area contributed by atoms with Crippen LogP contribution in [0.4, 0.5) is 0 Å². The normalized spacial score (nSPS) is 16.0. The summed E-state index contributed by atoms with van der Waals surface area (Å²) in [6.45, 7) is 1.27. The Kier molecular flexibility index (Phi) is 4.82. The zero-order valence-corrected chi connectivity index (χ0v) is 15.9. The van der Waals surface area contributed by atoms with Crippen LogP contribution < -0.4 is 5.56 Å². The summed E-state index contributed by atoms with van der Waals surface area (Å²) in [7, 11) is 1.56. The van der Waals surface area contributed by atoms with Gasteiger partial charge in [0, 0.05) is 31.6 Å². The summed E-state index contributed by atoms with van der Waals surface area (Å²) in [4.78, 5) is 26.7. The minimum atomic E-state index is -0.253. The molecular weight excluding hydrogens is 350 g/mol. The van der Waals surface area contributed by atoms with Crippen LogP contribution in [-0.2, 0) is 12.5 Å². The summed E-state index contributed by atoms with van der Waals surface area (Å²) >= 11 is 0. The first-order chi connectivity index (χ1) is 13.6. The quantitative estimate of drug-likeness (QED) is 0.709. The molecule has 0 unspecified atom stereocenters. The summed E-state index contributed by atoms with van der Waals surface area (Å²) in [5, 5.41) is 4.15. The van der Waals surface area contributed by atoms with Crippen molar-refractivity contribution in [2.45, 2.75) is 18.3 Å². The van der Waals surface area contributed by atoms with Crippen LogP contribution in [0, 0.1) is 0 Å². The lowest BCUT2D eigenvalue weighted by Crippen LogP contribution is -2.49. The number of aromatic nitrogens is 2. The van der Waals surface area contributed by atoms with Crippen molar-refractivity contribution in [3.05, 3.63) is 100.0 Å². The summed E-state index contributed by atoms with van der Waals surface area (Å²) in [6.07, 6.45) is 1.88. The van der Waals surface area contributed by atoms with Crippen LogP contribution in [0.2, 0.25) is 0 Å². The maximum atomic E-state index is 13.2. The fourth-order valence-electron chi connectivity index (χ4n) is 4.16. The molecule has 0 radical (unpaired) electrons. The molecule has 4 rings (SSSR count). The fraction of sp³-hybridized carbons (Fsp3) is 0.261. The van der Waals surface area contributed by atoms with E-state index in [9.17, 15) is 9.59 Å². The number of carbonyl (C=O) groups excluding carboxylic acids is 1. The third kappa shape index (κ3) is 3.24. The molecule has 0 spiro atoms. The molecule has 0 atom stereocenters. The maximum Gasteiger partial charge on any atom is 0.274 e. The number of rotatable bonds is 3. The first-order valence-corrected chi connectivity index (χ1v) is 9.55. The van der Waals surface area contributed by atoms with Gasteiger partial charge < -0.3 is 4.90 Å². The van der Waals surface area contributed by atoms with Crippen molar-refractivity contribution >= 4 is 5.91 Å². The van der Waals surface area contributed by atoms with Crippen LogP contribution in [0.15, 0.2) is 77.6 Å². The topological polar surface area (TPSA) is 55.2 Å². The Morgan fingerprint density at radius 1 is 0.929 bits per heavy atom. The molecule has 5 nitrogen and oxygen atoms in total. The van der Waals surface area contributed by atoms with Crippen LogP contribution in [-0.4, -0.2) is 33.7 Å². The molecule has 28 heavy (non-hydrogen) atoms. The number of piperidine rings is 1. The molecule has 2 aromatic carbocycles. The van der Waals surface area contributed by atoms with Gasteiger partial charge in [0.25, 0.3) is 11.5 Å². The van der Waals surface area contributed by atoms with Gasteiger partial charge in [0.1, 0.15) is 5.69 Å². The first-order valence-electron chi connectivity index (χ1n) is 9.55. The molecule has 0 bridgehead atoms. The second-order valence-electron chi connectivity index (χ2n) is 7.32. The lowest BCUT2D eigenvalue weighted by atomic mass is 9.69. The number of nitrogens with zero attached hydrogens (tertiary/aromatic N) is 3. The van der Waals surface area contributed by atoms with Gasteiger partial charge in [0.05, 0.1) is 0 Å². The summed E-state index contributed by atoms with van der Waals surface area (Å²) < 4.78 is 1.21. The molecule has 1 saturated heterocycles. The summed E-state index contributed by atoms with van der Waals surface area (Å²) in [6, 6.07) is 23.7. The van der Waals surface area contributed by atoms with Gasteiger partial charge in [-0.1, -0.05) is 60.7 Å². The standard InChI is InChI=1S/C23H23N3O2/c1-25-21(27)14-13-20(24-25)22(28)26-16-8-15-23(17-26,18-9-4-2-5-10-18)19-11-6-3-7-12-19/h2-7,9-14H,8,15-17H2,1H3. The minimum Gasteiger partial charge on any atom is -0.336 e. The molecule has 5 heteroatoms. The van der Waals surface area contributed by atoms with Crippen molar-refractivity contribution in [2.75, 3.05) is 13.1 Å². The zero-order valence-electron chi connectivity index (χ0n) is 15.9. The largest absolute Gasteiger partial charge is 0.336 e. The highest BCUT2D eigenvalue weighted by Gasteiger charge is 2.40. The molecule has 0 N–H and O–H groups in total. The Morgan fingerprint density at radius 3 is 2.11 bits per heavy atom. The smallest absolute Gasteiger partial charge is 0.274 e. The van der Waals surface area contributed by atoms with Gasteiger partial charge in [-0.25, -0.2) is 4.68 Å². The van der Waals surface area contributed by atoms with Crippen molar-refractivity contribution in [1.29, 1.82) is 0 Å². The van der Waals surface area contributed by atoms with E-state index in [0.717, 1.165) is 12.8 Å². The Bertz CT molecular complexity index is 989. The van der Waals surface area contributed by atoms with E-state index in [2.05, 4.69) is 53.6 Å². The Morgan fingerprint density at radius 2 is 1.54 bits per heavy atom. The molecule has 0 saturated carbocycles. The maximum absolute atomic E-state index is 13.2. The van der Waals surface area contributed by atoms with Crippen LogP contribution in [0.25, 0.3) is 0 Å². The fourth-order valence-corrected chi connectivity index (χ4v) is 4.16. The second-order valence-corrected chi connectivity index (χ2v) is 7.32. The van der Waals surface area contributed by atoms with E-state index in [1.165, 1.54) is 27.9 Å². The highest BCUT2D eigenvalue weighted by atomic mass is 16.2. The molecule has 1 amide bonds. The minimum absolute atomic E-state index is 0.133. The van der Waals surface area contributed by atoms with Gasteiger partial charge >= 0.3 is 0 Å². The number of amides is 1. The molecule has 1 aliphatic rings. The van der Waals surface area contributed by atoms with Crippen molar-refractivity contribution in [1.82, 2.24) is 14.7 Å². The molecule has 1 fully saturated rings. The number of aryl methyl sites for hydroxylation is 1. The molecule has 2 heterocycles. The average molecular weight is 373 g/mol. The van der Waals surface area contributed by atoms with E-state index < -0.39 is 0 Å². The molecular formula is C23H23N3O2. The van der Waals surface area contributed by atoms with Gasteiger partial charge in [-0.2, -0.15) is 5.10 Å². The number of hydrogen-bond donors (Lipinski definition) is 0. The Labute approximate surface area is 164 Å². The van der Waals surface area contributed by atoms with Crippen LogP contribution in [0.1, 0.15) is 34.5 Å². The molecule has 3 aromatic rings. The van der Waals surface area contributed by atoms with Crippen LogP contribution in [0.3, 0.4) is 0 Å². The zero-order chi connectivity index (χ0) is 19.6.